The number of likely N-dealkylation sites (tertiary alicyclic amines) is 2. The lowest BCUT2D eigenvalue weighted by Crippen LogP contribution is -2.46. The molecule has 5 heteroatoms. The molecular weight excluding hydrogens is 304 g/mol. The molecule has 23 heavy (non-hydrogen) atoms. The second-order valence-electron chi connectivity index (χ2n) is 7.39. The minimum Gasteiger partial charge on any atom is -0.355 e. The molecule has 1 N–H and O–H groups in total. The molecule has 0 aromatic carbocycles. The number of guanidine groups is 1. The summed E-state index contributed by atoms with van der Waals surface area (Å²) in [6, 6.07) is 5.09. The van der Waals surface area contributed by atoms with E-state index in [0.29, 0.717) is 0 Å². The average molecular weight is 335 g/mol. The Morgan fingerprint density at radius 2 is 2.13 bits per heavy atom. The Bertz CT molecular complexity index is 517. The Morgan fingerprint density at radius 3 is 2.78 bits per heavy atom. The van der Waals surface area contributed by atoms with Gasteiger partial charge in [-0.25, -0.2) is 0 Å². The van der Waals surface area contributed by atoms with E-state index in [-0.39, 0.29) is 5.41 Å². The summed E-state index contributed by atoms with van der Waals surface area (Å²) in [7, 11) is 1.91. The molecule has 0 saturated carbocycles. The van der Waals surface area contributed by atoms with E-state index >= 15 is 0 Å². The molecule has 1 aromatic heterocycles. The molecule has 0 bridgehead atoms. The highest BCUT2D eigenvalue weighted by atomic mass is 32.1. The number of hydrogen-bond donors (Lipinski definition) is 1. The molecule has 1 unspecified atom stereocenters. The van der Waals surface area contributed by atoms with Crippen molar-refractivity contribution >= 4 is 17.3 Å². The van der Waals surface area contributed by atoms with E-state index in [1.807, 2.05) is 18.4 Å². The van der Waals surface area contributed by atoms with Crippen molar-refractivity contribution in [2.45, 2.75) is 44.6 Å². The number of aliphatic imine (C=N–C) groups is 1. The van der Waals surface area contributed by atoms with Crippen molar-refractivity contribution in [3.63, 3.8) is 0 Å². The predicted octanol–water partition coefficient (Wildman–Crippen LogP) is 2.77. The molecule has 0 aliphatic carbocycles. The second kappa shape index (κ2) is 7.22. The molecule has 2 aliphatic rings. The third-order valence-electron chi connectivity index (χ3n) is 5.21. The summed E-state index contributed by atoms with van der Waals surface area (Å²) < 4.78 is 0. The summed E-state index contributed by atoms with van der Waals surface area (Å²) in [4.78, 5) is 11.1. The third-order valence-corrected chi connectivity index (χ3v) is 6.44. The van der Waals surface area contributed by atoms with Crippen LogP contribution in [0.1, 0.15) is 38.0 Å². The number of nitrogens with one attached hydrogen (secondary N) is 1. The molecule has 128 valence electrons. The van der Waals surface area contributed by atoms with Gasteiger partial charge in [0.2, 0.25) is 0 Å². The van der Waals surface area contributed by atoms with E-state index in [1.165, 1.54) is 37.2 Å². The van der Waals surface area contributed by atoms with Gasteiger partial charge in [0.15, 0.2) is 5.96 Å². The highest BCUT2D eigenvalue weighted by Gasteiger charge is 2.31. The smallest absolute Gasteiger partial charge is 0.193 e. The van der Waals surface area contributed by atoms with Crippen LogP contribution in [0.4, 0.5) is 0 Å². The van der Waals surface area contributed by atoms with Gasteiger partial charge in [-0.2, -0.15) is 0 Å². The van der Waals surface area contributed by atoms with Crippen molar-refractivity contribution in [2.24, 2.45) is 4.99 Å². The fraction of sp³-hybridized carbons (Fsp3) is 0.722. The Kier molecular flexibility index (Phi) is 5.27. The first-order valence-corrected chi connectivity index (χ1v) is 9.72. The SMILES string of the molecule is CN=C(NCC(C)(C)c1cccs1)N1CCC(N2CCCC2)C1. The van der Waals surface area contributed by atoms with E-state index in [0.717, 1.165) is 31.6 Å². The fourth-order valence-corrected chi connectivity index (χ4v) is 4.57. The maximum absolute atomic E-state index is 4.53. The van der Waals surface area contributed by atoms with Crippen LogP contribution in [0, 0.1) is 0 Å². The lowest BCUT2D eigenvalue weighted by Gasteiger charge is -2.29. The van der Waals surface area contributed by atoms with Gasteiger partial charge in [0, 0.05) is 43.0 Å². The highest BCUT2D eigenvalue weighted by molar-refractivity contribution is 7.10. The van der Waals surface area contributed by atoms with Crippen molar-refractivity contribution < 1.29 is 0 Å². The van der Waals surface area contributed by atoms with Crippen LogP contribution in [0.3, 0.4) is 0 Å². The molecule has 3 heterocycles. The van der Waals surface area contributed by atoms with E-state index in [1.54, 1.807) is 0 Å². The van der Waals surface area contributed by atoms with Gasteiger partial charge < -0.3 is 10.2 Å². The van der Waals surface area contributed by atoms with E-state index in [9.17, 15) is 0 Å². The van der Waals surface area contributed by atoms with Crippen LogP contribution in [-0.2, 0) is 5.41 Å². The summed E-state index contributed by atoms with van der Waals surface area (Å²) >= 11 is 1.84. The molecular formula is C18H30N4S. The van der Waals surface area contributed by atoms with Gasteiger partial charge in [-0.15, -0.1) is 11.3 Å². The first-order chi connectivity index (χ1) is 11.1. The molecule has 0 amide bonds. The monoisotopic (exact) mass is 334 g/mol. The van der Waals surface area contributed by atoms with Gasteiger partial charge in [0.25, 0.3) is 0 Å². The summed E-state index contributed by atoms with van der Waals surface area (Å²) in [5.41, 5.74) is 0.137. The van der Waals surface area contributed by atoms with Crippen LogP contribution >= 0.6 is 11.3 Å². The molecule has 2 aliphatic heterocycles. The van der Waals surface area contributed by atoms with Crippen molar-refractivity contribution in [1.29, 1.82) is 0 Å². The molecule has 3 rings (SSSR count). The molecule has 0 spiro atoms. The first kappa shape index (κ1) is 16.8. The van der Waals surface area contributed by atoms with Gasteiger partial charge in [0.05, 0.1) is 0 Å². The van der Waals surface area contributed by atoms with Crippen LogP contribution in [0.25, 0.3) is 0 Å². The third kappa shape index (κ3) is 3.89. The van der Waals surface area contributed by atoms with Crippen molar-refractivity contribution in [3.8, 4) is 0 Å². The molecule has 1 aromatic rings. The van der Waals surface area contributed by atoms with Crippen LogP contribution in [0.2, 0.25) is 0 Å². The van der Waals surface area contributed by atoms with Crippen LogP contribution in [0.5, 0.6) is 0 Å². The van der Waals surface area contributed by atoms with Crippen molar-refractivity contribution in [2.75, 3.05) is 39.8 Å². The van der Waals surface area contributed by atoms with Crippen molar-refractivity contribution in [1.82, 2.24) is 15.1 Å². The zero-order valence-corrected chi connectivity index (χ0v) is 15.5. The Morgan fingerprint density at radius 1 is 1.35 bits per heavy atom. The van der Waals surface area contributed by atoms with Crippen LogP contribution in [-0.4, -0.2) is 61.6 Å². The number of rotatable bonds is 4. The van der Waals surface area contributed by atoms with Gasteiger partial charge >= 0.3 is 0 Å². The Hall–Kier alpha value is -1.07. The molecule has 2 saturated heterocycles. The maximum Gasteiger partial charge on any atom is 0.193 e. The van der Waals surface area contributed by atoms with Crippen LogP contribution < -0.4 is 5.32 Å². The number of thiophene rings is 1. The topological polar surface area (TPSA) is 30.9 Å². The maximum atomic E-state index is 4.53. The minimum atomic E-state index is 0.137. The summed E-state index contributed by atoms with van der Waals surface area (Å²) in [6.45, 7) is 10.3. The normalized spacial score (nSPS) is 23.7. The lowest BCUT2D eigenvalue weighted by atomic mass is 9.91. The summed E-state index contributed by atoms with van der Waals surface area (Å²) in [5, 5.41) is 5.77. The molecule has 1 atom stereocenters. The Balaban J connectivity index is 1.54. The lowest BCUT2D eigenvalue weighted by molar-refractivity contribution is 0.249. The minimum absolute atomic E-state index is 0.137. The first-order valence-electron chi connectivity index (χ1n) is 8.84. The molecule has 2 fully saturated rings. The molecule has 0 radical (unpaired) electrons. The second-order valence-corrected chi connectivity index (χ2v) is 8.34. The van der Waals surface area contributed by atoms with Gasteiger partial charge in [-0.3, -0.25) is 9.89 Å². The quantitative estimate of drug-likeness (QED) is 0.678. The van der Waals surface area contributed by atoms with Crippen molar-refractivity contribution in [3.05, 3.63) is 22.4 Å². The summed E-state index contributed by atoms with van der Waals surface area (Å²) in [6.07, 6.45) is 4.02. The van der Waals surface area contributed by atoms with Gasteiger partial charge in [-0.1, -0.05) is 19.9 Å². The zero-order chi connectivity index (χ0) is 16.3. The predicted molar refractivity (Wildman–Crippen MR) is 99.5 cm³/mol. The zero-order valence-electron chi connectivity index (χ0n) is 14.7. The van der Waals surface area contributed by atoms with E-state index in [2.05, 4.69) is 51.5 Å². The van der Waals surface area contributed by atoms with Crippen LogP contribution in [0.15, 0.2) is 22.5 Å². The average Bonchev–Trinajstić information content (AvgIpc) is 3.28. The number of hydrogen-bond acceptors (Lipinski definition) is 3. The standard InChI is InChI=1S/C18H30N4S/c1-18(2,16-7-6-12-23-16)14-20-17(19-3)22-11-8-15(13-22)21-9-4-5-10-21/h6-7,12,15H,4-5,8-11,13-14H2,1-3H3,(H,19,20). The van der Waals surface area contributed by atoms with Gasteiger partial charge in [-0.05, 0) is 43.8 Å². The fourth-order valence-electron chi connectivity index (χ4n) is 3.72. The Labute approximate surface area is 144 Å². The number of nitrogens with zero attached hydrogens (tertiary/aromatic N) is 3. The van der Waals surface area contributed by atoms with E-state index in [4.69, 9.17) is 0 Å². The van der Waals surface area contributed by atoms with E-state index < -0.39 is 0 Å². The molecule has 4 nitrogen and oxygen atoms in total. The van der Waals surface area contributed by atoms with Gasteiger partial charge in [0.1, 0.15) is 0 Å². The summed E-state index contributed by atoms with van der Waals surface area (Å²) in [5.74, 6) is 1.07. The highest BCUT2D eigenvalue weighted by Crippen LogP contribution is 2.27. The largest absolute Gasteiger partial charge is 0.355 e.